The van der Waals surface area contributed by atoms with Gasteiger partial charge in [0.15, 0.2) is 0 Å². The van der Waals surface area contributed by atoms with Crippen molar-refractivity contribution in [2.45, 2.75) is 6.92 Å². The molecule has 2 heterocycles. The minimum absolute atomic E-state index is 0.374. The van der Waals surface area contributed by atoms with Crippen LogP contribution < -0.4 is 5.73 Å². The predicted octanol–water partition coefficient (Wildman–Crippen LogP) is 1.69. The molecule has 0 amide bonds. The summed E-state index contributed by atoms with van der Waals surface area (Å²) in [5.41, 5.74) is 8.91. The molecular formula is C7H7N3OS. The van der Waals surface area contributed by atoms with Crippen molar-refractivity contribution in [3.8, 4) is 10.6 Å². The van der Waals surface area contributed by atoms with Crippen molar-refractivity contribution in [2.24, 2.45) is 0 Å². The van der Waals surface area contributed by atoms with E-state index in [0.29, 0.717) is 5.88 Å². The Balaban J connectivity index is 2.55. The zero-order valence-electron chi connectivity index (χ0n) is 6.44. The number of thiazole rings is 1. The summed E-state index contributed by atoms with van der Waals surface area (Å²) in [5.74, 6) is 0.374. The molecule has 0 aliphatic heterocycles. The highest BCUT2D eigenvalue weighted by Crippen LogP contribution is 2.28. The van der Waals surface area contributed by atoms with Crippen LogP contribution in [0.3, 0.4) is 0 Å². The largest absolute Gasteiger partial charge is 0.367 e. The lowest BCUT2D eigenvalue weighted by molar-refractivity contribution is 0.439. The second-order valence-electron chi connectivity index (χ2n) is 2.39. The molecule has 2 rings (SSSR count). The van der Waals surface area contributed by atoms with E-state index < -0.39 is 0 Å². The number of anilines is 1. The topological polar surface area (TPSA) is 64.9 Å². The van der Waals surface area contributed by atoms with E-state index in [2.05, 4.69) is 10.1 Å². The summed E-state index contributed by atoms with van der Waals surface area (Å²) in [6, 6.07) is 0. The fraction of sp³-hybridized carbons (Fsp3) is 0.143. The zero-order valence-corrected chi connectivity index (χ0v) is 7.26. The van der Waals surface area contributed by atoms with Crippen molar-refractivity contribution in [1.29, 1.82) is 0 Å². The number of hydrogen-bond acceptors (Lipinski definition) is 5. The minimum Gasteiger partial charge on any atom is -0.367 e. The van der Waals surface area contributed by atoms with Crippen LogP contribution in [0, 0.1) is 6.92 Å². The molecule has 5 heteroatoms. The molecule has 0 aliphatic carbocycles. The Kier molecular flexibility index (Phi) is 1.58. The highest BCUT2D eigenvalue weighted by molar-refractivity contribution is 7.13. The van der Waals surface area contributed by atoms with Crippen LogP contribution in [0.2, 0.25) is 0 Å². The average Bonchev–Trinajstić information content (AvgIpc) is 2.64. The molecule has 0 saturated carbocycles. The van der Waals surface area contributed by atoms with Gasteiger partial charge in [0.1, 0.15) is 5.69 Å². The lowest BCUT2D eigenvalue weighted by Crippen LogP contribution is -1.83. The highest BCUT2D eigenvalue weighted by atomic mass is 32.1. The molecule has 4 nitrogen and oxygen atoms in total. The quantitative estimate of drug-likeness (QED) is 0.727. The molecule has 0 bridgehead atoms. The Bertz CT molecular complexity index is 379. The van der Waals surface area contributed by atoms with E-state index in [0.717, 1.165) is 16.1 Å². The van der Waals surface area contributed by atoms with E-state index in [1.165, 1.54) is 11.3 Å². The van der Waals surface area contributed by atoms with Crippen molar-refractivity contribution >= 4 is 17.2 Å². The molecule has 12 heavy (non-hydrogen) atoms. The van der Waals surface area contributed by atoms with Crippen LogP contribution in [-0.2, 0) is 0 Å². The fourth-order valence-electron chi connectivity index (χ4n) is 0.911. The van der Waals surface area contributed by atoms with Crippen LogP contribution in [0.15, 0.2) is 16.2 Å². The Morgan fingerprint density at radius 2 is 2.42 bits per heavy atom. The SMILES string of the molecule is Cc1c(-c2cncs2)noc1N. The van der Waals surface area contributed by atoms with Crippen molar-refractivity contribution in [2.75, 3.05) is 5.73 Å². The molecule has 0 aromatic carbocycles. The Morgan fingerprint density at radius 1 is 1.58 bits per heavy atom. The van der Waals surface area contributed by atoms with Crippen molar-refractivity contribution in [3.05, 3.63) is 17.3 Å². The number of nitrogens with two attached hydrogens (primary N) is 1. The summed E-state index contributed by atoms with van der Waals surface area (Å²) in [5, 5.41) is 3.83. The lowest BCUT2D eigenvalue weighted by atomic mass is 10.2. The van der Waals surface area contributed by atoms with Gasteiger partial charge in [0.2, 0.25) is 5.88 Å². The zero-order chi connectivity index (χ0) is 8.55. The molecule has 2 aromatic heterocycles. The molecule has 0 fully saturated rings. The van der Waals surface area contributed by atoms with Gasteiger partial charge in [-0.25, -0.2) is 0 Å². The summed E-state index contributed by atoms with van der Waals surface area (Å²) >= 11 is 1.51. The van der Waals surface area contributed by atoms with Gasteiger partial charge in [0.25, 0.3) is 0 Å². The smallest absolute Gasteiger partial charge is 0.225 e. The van der Waals surface area contributed by atoms with Gasteiger partial charge in [-0.3, -0.25) is 4.98 Å². The van der Waals surface area contributed by atoms with E-state index in [1.807, 2.05) is 6.92 Å². The van der Waals surface area contributed by atoms with Gasteiger partial charge in [0, 0.05) is 11.8 Å². The van der Waals surface area contributed by atoms with Gasteiger partial charge in [-0.1, -0.05) is 5.16 Å². The first-order valence-electron chi connectivity index (χ1n) is 3.39. The first kappa shape index (κ1) is 7.30. The van der Waals surface area contributed by atoms with Crippen LogP contribution in [0.5, 0.6) is 0 Å². The number of rotatable bonds is 1. The van der Waals surface area contributed by atoms with Crippen LogP contribution >= 0.6 is 11.3 Å². The fourth-order valence-corrected chi connectivity index (χ4v) is 1.57. The molecule has 62 valence electrons. The molecule has 0 atom stereocenters. The highest BCUT2D eigenvalue weighted by Gasteiger charge is 2.11. The Morgan fingerprint density at radius 3 is 2.92 bits per heavy atom. The molecule has 0 radical (unpaired) electrons. The molecule has 0 saturated heterocycles. The molecule has 2 N–H and O–H groups in total. The van der Waals surface area contributed by atoms with Gasteiger partial charge >= 0.3 is 0 Å². The molecule has 0 aliphatic rings. The van der Waals surface area contributed by atoms with Gasteiger partial charge < -0.3 is 10.3 Å². The second kappa shape index (κ2) is 2.60. The Labute approximate surface area is 73.0 Å². The first-order valence-corrected chi connectivity index (χ1v) is 4.27. The lowest BCUT2D eigenvalue weighted by Gasteiger charge is -1.88. The van der Waals surface area contributed by atoms with Crippen molar-refractivity contribution in [3.63, 3.8) is 0 Å². The van der Waals surface area contributed by atoms with Gasteiger partial charge in [-0.15, -0.1) is 11.3 Å². The number of aromatic nitrogens is 2. The van der Waals surface area contributed by atoms with Crippen LogP contribution in [0.25, 0.3) is 10.6 Å². The molecule has 0 unspecified atom stereocenters. The Hall–Kier alpha value is -1.36. The average molecular weight is 181 g/mol. The first-order chi connectivity index (χ1) is 5.79. The maximum atomic E-state index is 5.50. The maximum absolute atomic E-state index is 5.50. The van der Waals surface area contributed by atoms with Gasteiger partial charge in [0.05, 0.1) is 10.4 Å². The number of nitrogens with zero attached hydrogens (tertiary/aromatic N) is 2. The predicted molar refractivity (Wildman–Crippen MR) is 46.8 cm³/mol. The molecule has 0 spiro atoms. The summed E-state index contributed by atoms with van der Waals surface area (Å²) < 4.78 is 4.83. The maximum Gasteiger partial charge on any atom is 0.225 e. The summed E-state index contributed by atoms with van der Waals surface area (Å²) in [7, 11) is 0. The summed E-state index contributed by atoms with van der Waals surface area (Å²) in [4.78, 5) is 4.92. The van der Waals surface area contributed by atoms with Crippen LogP contribution in [0.4, 0.5) is 5.88 Å². The monoisotopic (exact) mass is 181 g/mol. The second-order valence-corrected chi connectivity index (χ2v) is 3.27. The van der Waals surface area contributed by atoms with Gasteiger partial charge in [-0.2, -0.15) is 0 Å². The minimum atomic E-state index is 0.374. The third kappa shape index (κ3) is 0.984. The van der Waals surface area contributed by atoms with Gasteiger partial charge in [-0.05, 0) is 6.92 Å². The van der Waals surface area contributed by atoms with E-state index in [9.17, 15) is 0 Å². The van der Waals surface area contributed by atoms with Crippen molar-refractivity contribution in [1.82, 2.24) is 10.1 Å². The van der Waals surface area contributed by atoms with Crippen molar-refractivity contribution < 1.29 is 4.52 Å². The van der Waals surface area contributed by atoms with Crippen LogP contribution in [-0.4, -0.2) is 10.1 Å². The molecular weight excluding hydrogens is 174 g/mol. The molecule has 2 aromatic rings. The van der Waals surface area contributed by atoms with E-state index >= 15 is 0 Å². The van der Waals surface area contributed by atoms with Crippen LogP contribution in [0.1, 0.15) is 5.56 Å². The third-order valence-electron chi connectivity index (χ3n) is 1.63. The summed E-state index contributed by atoms with van der Waals surface area (Å²) in [6.45, 7) is 1.88. The third-order valence-corrected chi connectivity index (χ3v) is 2.41. The number of nitrogen functional groups attached to an aromatic ring is 1. The van der Waals surface area contributed by atoms with E-state index in [4.69, 9.17) is 10.3 Å². The normalized spacial score (nSPS) is 10.4. The van der Waals surface area contributed by atoms with E-state index in [1.54, 1.807) is 11.7 Å². The standard InChI is InChI=1S/C7H7N3OS/c1-4-6(10-11-7(4)8)5-2-9-3-12-5/h2-3H,8H2,1H3. The number of hydrogen-bond donors (Lipinski definition) is 1. The van der Waals surface area contributed by atoms with E-state index in [-0.39, 0.29) is 0 Å². The summed E-state index contributed by atoms with van der Waals surface area (Å²) in [6.07, 6.45) is 1.74.